The molecule has 0 aliphatic carbocycles. The number of aryl methyl sites for hydroxylation is 1. The maximum Gasteiger partial charge on any atom is 0.174 e. The zero-order valence-electron chi connectivity index (χ0n) is 14.8. The Morgan fingerprint density at radius 1 is 1.22 bits per heavy atom. The molecule has 0 bridgehead atoms. The van der Waals surface area contributed by atoms with Crippen LogP contribution < -0.4 is 15.0 Å². The molecule has 2 unspecified atom stereocenters. The number of thiophene rings is 1. The van der Waals surface area contributed by atoms with Crippen molar-refractivity contribution in [3.63, 3.8) is 0 Å². The van der Waals surface area contributed by atoms with Gasteiger partial charge in [0.2, 0.25) is 0 Å². The molecule has 4 nitrogen and oxygen atoms in total. The van der Waals surface area contributed by atoms with Crippen molar-refractivity contribution in [1.29, 1.82) is 0 Å². The standard InChI is InChI=1S/C20H18ClN3OS2/c1-12-6-9-17(27-12)19-18(15-5-3-4-10-22-15)23-20(26)24(19)13-7-8-16(25-2)14(21)11-13/h3-11,18-19H,1-2H3,(H,23,26). The maximum atomic E-state index is 6.38. The second-order valence-corrected chi connectivity index (χ2v) is 8.38. The van der Waals surface area contributed by atoms with Gasteiger partial charge in [-0.25, -0.2) is 0 Å². The van der Waals surface area contributed by atoms with Crippen molar-refractivity contribution in [1.82, 2.24) is 10.3 Å². The average Bonchev–Trinajstić information content (AvgIpc) is 3.25. The molecule has 2 aromatic heterocycles. The molecule has 1 aliphatic rings. The fourth-order valence-corrected chi connectivity index (χ4v) is 4.94. The number of nitrogens with zero attached hydrogens (tertiary/aromatic N) is 2. The Kier molecular flexibility index (Phi) is 5.04. The van der Waals surface area contributed by atoms with E-state index < -0.39 is 0 Å². The molecule has 1 saturated heterocycles. The van der Waals surface area contributed by atoms with Crippen LogP contribution in [-0.4, -0.2) is 17.2 Å². The molecule has 0 radical (unpaired) electrons. The molecule has 1 N–H and O–H groups in total. The first-order chi connectivity index (χ1) is 13.1. The van der Waals surface area contributed by atoms with Gasteiger partial charge in [0, 0.05) is 21.6 Å². The van der Waals surface area contributed by atoms with Crippen LogP contribution in [0.5, 0.6) is 5.75 Å². The summed E-state index contributed by atoms with van der Waals surface area (Å²) in [5, 5.41) is 4.66. The lowest BCUT2D eigenvalue weighted by atomic mass is 10.0. The summed E-state index contributed by atoms with van der Waals surface area (Å²) in [5.41, 5.74) is 1.88. The van der Waals surface area contributed by atoms with E-state index in [0.717, 1.165) is 11.4 Å². The third-order valence-electron chi connectivity index (χ3n) is 4.56. The number of benzene rings is 1. The summed E-state index contributed by atoms with van der Waals surface area (Å²) in [5.74, 6) is 0.642. The SMILES string of the molecule is COc1ccc(N2C(=S)NC(c3ccccn3)C2c2ccc(C)s2)cc1Cl. The molecule has 4 rings (SSSR count). The van der Waals surface area contributed by atoms with Gasteiger partial charge in [-0.05, 0) is 61.6 Å². The van der Waals surface area contributed by atoms with Crippen molar-refractivity contribution >= 4 is 46.0 Å². The Labute approximate surface area is 172 Å². The highest BCUT2D eigenvalue weighted by Gasteiger charge is 2.41. The van der Waals surface area contributed by atoms with Crippen LogP contribution >= 0.6 is 35.2 Å². The van der Waals surface area contributed by atoms with Crippen molar-refractivity contribution < 1.29 is 4.74 Å². The Morgan fingerprint density at radius 3 is 2.70 bits per heavy atom. The van der Waals surface area contributed by atoms with Gasteiger partial charge in [-0.2, -0.15) is 0 Å². The number of ether oxygens (including phenoxy) is 1. The van der Waals surface area contributed by atoms with E-state index in [-0.39, 0.29) is 12.1 Å². The van der Waals surface area contributed by atoms with Crippen molar-refractivity contribution in [3.05, 3.63) is 75.2 Å². The first kappa shape index (κ1) is 18.2. The summed E-state index contributed by atoms with van der Waals surface area (Å²) in [4.78, 5) is 9.16. The Bertz CT molecular complexity index is 976. The normalized spacial score (nSPS) is 19.2. The lowest BCUT2D eigenvalue weighted by Crippen LogP contribution is -2.29. The number of thiocarbonyl (C=S) groups is 1. The summed E-state index contributed by atoms with van der Waals surface area (Å²) in [7, 11) is 1.61. The van der Waals surface area contributed by atoms with Gasteiger partial charge in [0.05, 0.1) is 29.9 Å². The predicted molar refractivity (Wildman–Crippen MR) is 115 cm³/mol. The molecule has 27 heavy (non-hydrogen) atoms. The van der Waals surface area contributed by atoms with Gasteiger partial charge in [0.1, 0.15) is 5.75 Å². The van der Waals surface area contributed by atoms with Crippen LogP contribution in [0.25, 0.3) is 0 Å². The minimum atomic E-state index is -0.0439. The highest BCUT2D eigenvalue weighted by atomic mass is 35.5. The van der Waals surface area contributed by atoms with E-state index in [2.05, 4.69) is 34.3 Å². The Morgan fingerprint density at radius 2 is 2.07 bits per heavy atom. The van der Waals surface area contributed by atoms with Gasteiger partial charge in [-0.1, -0.05) is 17.7 Å². The van der Waals surface area contributed by atoms with Crippen molar-refractivity contribution in [2.45, 2.75) is 19.0 Å². The number of hydrogen-bond donors (Lipinski definition) is 1. The van der Waals surface area contributed by atoms with Crippen LogP contribution in [0.1, 0.15) is 27.5 Å². The lowest BCUT2D eigenvalue weighted by Gasteiger charge is -2.27. The summed E-state index contributed by atoms with van der Waals surface area (Å²) in [6.45, 7) is 2.11. The molecule has 1 fully saturated rings. The average molecular weight is 416 g/mol. The van der Waals surface area contributed by atoms with E-state index in [0.29, 0.717) is 15.9 Å². The van der Waals surface area contributed by atoms with Crippen molar-refractivity contribution in [3.8, 4) is 5.75 Å². The number of anilines is 1. The number of halogens is 1. The number of nitrogens with one attached hydrogen (secondary N) is 1. The van der Waals surface area contributed by atoms with Crippen molar-refractivity contribution in [2.24, 2.45) is 0 Å². The molecule has 1 aliphatic heterocycles. The zero-order chi connectivity index (χ0) is 19.0. The number of rotatable bonds is 4. The van der Waals surface area contributed by atoms with Gasteiger partial charge >= 0.3 is 0 Å². The van der Waals surface area contributed by atoms with Gasteiger partial charge in [0.25, 0.3) is 0 Å². The van der Waals surface area contributed by atoms with Crippen LogP contribution in [0.2, 0.25) is 5.02 Å². The van der Waals surface area contributed by atoms with E-state index in [1.54, 1.807) is 18.4 Å². The molecular weight excluding hydrogens is 398 g/mol. The van der Waals surface area contributed by atoms with E-state index in [9.17, 15) is 0 Å². The highest BCUT2D eigenvalue weighted by molar-refractivity contribution is 7.80. The minimum Gasteiger partial charge on any atom is -0.495 e. The van der Waals surface area contributed by atoms with Crippen LogP contribution in [0, 0.1) is 6.92 Å². The zero-order valence-corrected chi connectivity index (χ0v) is 17.2. The monoisotopic (exact) mass is 415 g/mol. The third-order valence-corrected chi connectivity index (χ3v) is 6.25. The summed E-state index contributed by atoms with van der Waals surface area (Å²) in [6, 6.07) is 15.9. The van der Waals surface area contributed by atoms with E-state index in [4.69, 9.17) is 28.6 Å². The molecule has 3 heterocycles. The topological polar surface area (TPSA) is 37.4 Å². The molecule has 138 valence electrons. The Hall–Kier alpha value is -2.15. The van der Waals surface area contributed by atoms with E-state index in [1.165, 1.54) is 9.75 Å². The first-order valence-electron chi connectivity index (χ1n) is 8.49. The van der Waals surface area contributed by atoms with Gasteiger partial charge in [-0.15, -0.1) is 11.3 Å². The summed E-state index contributed by atoms with van der Waals surface area (Å²) in [6.07, 6.45) is 1.81. The fraction of sp³-hybridized carbons (Fsp3) is 0.200. The molecule has 0 saturated carbocycles. The molecule has 7 heteroatoms. The minimum absolute atomic E-state index is 0.00411. The summed E-state index contributed by atoms with van der Waals surface area (Å²) >= 11 is 13.9. The summed E-state index contributed by atoms with van der Waals surface area (Å²) < 4.78 is 5.29. The molecule has 0 amide bonds. The number of aromatic nitrogens is 1. The molecule has 2 atom stereocenters. The van der Waals surface area contributed by atoms with E-state index in [1.807, 2.05) is 42.6 Å². The van der Waals surface area contributed by atoms with Crippen LogP contribution in [0.15, 0.2) is 54.7 Å². The predicted octanol–water partition coefficient (Wildman–Crippen LogP) is 5.29. The number of pyridine rings is 1. The van der Waals surface area contributed by atoms with Crippen LogP contribution in [-0.2, 0) is 0 Å². The Balaban J connectivity index is 1.81. The molecular formula is C20H18ClN3OS2. The maximum absolute atomic E-state index is 6.38. The van der Waals surface area contributed by atoms with Crippen LogP contribution in [0.3, 0.4) is 0 Å². The molecule has 0 spiro atoms. The number of hydrogen-bond acceptors (Lipinski definition) is 4. The second kappa shape index (κ2) is 7.46. The largest absolute Gasteiger partial charge is 0.495 e. The highest BCUT2D eigenvalue weighted by Crippen LogP contribution is 2.44. The molecule has 1 aromatic carbocycles. The lowest BCUT2D eigenvalue weighted by molar-refractivity contribution is 0.415. The molecule has 3 aromatic rings. The second-order valence-electron chi connectivity index (χ2n) is 6.26. The van der Waals surface area contributed by atoms with Gasteiger partial charge in [-0.3, -0.25) is 4.98 Å². The third kappa shape index (κ3) is 3.40. The van der Waals surface area contributed by atoms with Gasteiger partial charge in [0.15, 0.2) is 5.11 Å². The van der Waals surface area contributed by atoms with Crippen molar-refractivity contribution in [2.75, 3.05) is 12.0 Å². The fourth-order valence-electron chi connectivity index (χ4n) is 3.34. The quantitative estimate of drug-likeness (QED) is 0.586. The van der Waals surface area contributed by atoms with Gasteiger partial charge < -0.3 is 15.0 Å². The number of methoxy groups -OCH3 is 1. The van der Waals surface area contributed by atoms with E-state index >= 15 is 0 Å². The smallest absolute Gasteiger partial charge is 0.174 e. The van der Waals surface area contributed by atoms with Crippen LogP contribution in [0.4, 0.5) is 5.69 Å². The first-order valence-corrected chi connectivity index (χ1v) is 10.1.